The Kier molecular flexibility index (Phi) is 6.43. The summed E-state index contributed by atoms with van der Waals surface area (Å²) in [6.45, 7) is 4.11. The quantitative estimate of drug-likeness (QED) is 0.655. The zero-order valence-electron chi connectivity index (χ0n) is 17.3. The Hall–Kier alpha value is -2.02. The van der Waals surface area contributed by atoms with Crippen LogP contribution in [0.15, 0.2) is 29.4 Å². The van der Waals surface area contributed by atoms with Crippen molar-refractivity contribution in [1.29, 1.82) is 0 Å². The number of amides is 1. The average molecular weight is 415 g/mol. The third kappa shape index (κ3) is 4.44. The van der Waals surface area contributed by atoms with Gasteiger partial charge in [-0.3, -0.25) is 9.36 Å². The van der Waals surface area contributed by atoms with E-state index in [0.29, 0.717) is 17.7 Å². The van der Waals surface area contributed by atoms with Crippen LogP contribution in [-0.4, -0.2) is 51.5 Å². The van der Waals surface area contributed by atoms with Crippen molar-refractivity contribution < 1.29 is 9.53 Å². The fourth-order valence-corrected chi connectivity index (χ4v) is 5.37. The lowest BCUT2D eigenvalue weighted by molar-refractivity contribution is -0.127. The van der Waals surface area contributed by atoms with Crippen molar-refractivity contribution in [1.82, 2.24) is 19.7 Å². The van der Waals surface area contributed by atoms with Gasteiger partial charge in [0.15, 0.2) is 11.0 Å². The summed E-state index contributed by atoms with van der Waals surface area (Å²) in [4.78, 5) is 14.5. The molecule has 1 saturated carbocycles. The lowest BCUT2D eigenvalue weighted by Gasteiger charge is -2.31. The van der Waals surface area contributed by atoms with Crippen molar-refractivity contribution in [3.05, 3.63) is 24.3 Å². The van der Waals surface area contributed by atoms with Crippen molar-refractivity contribution in [2.24, 2.45) is 5.92 Å². The Balaban J connectivity index is 1.61. The van der Waals surface area contributed by atoms with Gasteiger partial charge in [-0.05, 0) is 55.9 Å². The van der Waals surface area contributed by atoms with E-state index in [1.165, 1.54) is 31.0 Å². The molecule has 1 aliphatic heterocycles. The van der Waals surface area contributed by atoms with Crippen molar-refractivity contribution in [3.63, 3.8) is 0 Å². The largest absolute Gasteiger partial charge is 0.497 e. The zero-order chi connectivity index (χ0) is 20.2. The van der Waals surface area contributed by atoms with Crippen LogP contribution in [0.1, 0.15) is 51.5 Å². The summed E-state index contributed by atoms with van der Waals surface area (Å²) < 4.78 is 7.60. The van der Waals surface area contributed by atoms with Gasteiger partial charge < -0.3 is 9.64 Å². The Bertz CT molecular complexity index is 830. The van der Waals surface area contributed by atoms with Gasteiger partial charge in [0.2, 0.25) is 5.91 Å². The molecule has 0 N–H and O–H groups in total. The fraction of sp³-hybridized carbons (Fsp3) is 0.591. The molecule has 0 unspecified atom stereocenters. The first-order valence-corrected chi connectivity index (χ1v) is 11.7. The summed E-state index contributed by atoms with van der Waals surface area (Å²) in [5.41, 5.74) is 1.04. The normalized spacial score (nSPS) is 22.1. The number of thioether (sulfide) groups is 1. The van der Waals surface area contributed by atoms with E-state index in [9.17, 15) is 4.79 Å². The number of hydrogen-bond donors (Lipinski definition) is 0. The Labute approximate surface area is 177 Å². The molecule has 2 aliphatic rings. The average Bonchev–Trinajstić information content (AvgIpc) is 3.43. The van der Waals surface area contributed by atoms with Crippen molar-refractivity contribution >= 4 is 17.7 Å². The van der Waals surface area contributed by atoms with E-state index in [1.54, 1.807) is 7.11 Å². The van der Waals surface area contributed by atoms with Gasteiger partial charge in [-0.15, -0.1) is 10.2 Å². The molecule has 2 aromatic rings. The molecule has 6 nitrogen and oxygen atoms in total. The Morgan fingerprint density at radius 2 is 1.83 bits per heavy atom. The molecular formula is C22H30N4O2S. The Morgan fingerprint density at radius 1 is 1.10 bits per heavy atom. The predicted molar refractivity (Wildman–Crippen MR) is 115 cm³/mol. The summed E-state index contributed by atoms with van der Waals surface area (Å²) in [5.74, 6) is 2.94. The highest BCUT2D eigenvalue weighted by atomic mass is 32.2. The van der Waals surface area contributed by atoms with Crippen molar-refractivity contribution in [2.45, 2.75) is 56.6 Å². The molecule has 1 amide bonds. The number of carbonyl (C=O) groups is 1. The van der Waals surface area contributed by atoms with E-state index < -0.39 is 0 Å². The van der Waals surface area contributed by atoms with E-state index in [4.69, 9.17) is 4.74 Å². The molecule has 0 spiro atoms. The van der Waals surface area contributed by atoms with Crippen molar-refractivity contribution in [2.75, 3.05) is 26.0 Å². The minimum Gasteiger partial charge on any atom is -0.497 e. The molecule has 7 heteroatoms. The van der Waals surface area contributed by atoms with Gasteiger partial charge >= 0.3 is 0 Å². The lowest BCUT2D eigenvalue weighted by Crippen LogP contribution is -2.29. The molecule has 1 aromatic carbocycles. The SMILES string of the molecule is COc1ccc(-c2nnc(SCC(=O)N3CCCC3)n2[C@H]2CCCC[C@H]2C)cc1. The number of aromatic nitrogens is 3. The molecule has 156 valence electrons. The van der Waals surface area contributed by atoms with Gasteiger partial charge in [0, 0.05) is 24.7 Å². The lowest BCUT2D eigenvalue weighted by atomic mass is 9.85. The van der Waals surface area contributed by atoms with Gasteiger partial charge in [0.1, 0.15) is 5.75 Å². The fourth-order valence-electron chi connectivity index (χ4n) is 4.48. The summed E-state index contributed by atoms with van der Waals surface area (Å²) in [5, 5.41) is 9.93. The summed E-state index contributed by atoms with van der Waals surface area (Å²) in [6, 6.07) is 8.37. The maximum atomic E-state index is 12.6. The molecule has 4 rings (SSSR count). The monoisotopic (exact) mass is 414 g/mol. The van der Waals surface area contributed by atoms with E-state index in [1.807, 2.05) is 29.2 Å². The standard InChI is InChI=1S/C22H30N4O2S/c1-16-7-3-4-8-19(16)26-21(17-9-11-18(28-2)12-10-17)23-24-22(26)29-15-20(27)25-13-5-6-14-25/h9-12,16,19H,3-8,13-15H2,1-2H3/t16-,19+/m1/s1. The van der Waals surface area contributed by atoms with Gasteiger partial charge in [0.25, 0.3) is 0 Å². The highest BCUT2D eigenvalue weighted by molar-refractivity contribution is 7.99. The number of nitrogens with zero attached hydrogens (tertiary/aromatic N) is 4. The minimum absolute atomic E-state index is 0.213. The molecule has 1 saturated heterocycles. The third-order valence-corrected chi connectivity index (χ3v) is 7.12. The van der Waals surface area contributed by atoms with Crippen LogP contribution >= 0.6 is 11.8 Å². The molecule has 29 heavy (non-hydrogen) atoms. The van der Waals surface area contributed by atoms with Gasteiger partial charge in [-0.25, -0.2) is 0 Å². The predicted octanol–water partition coefficient (Wildman–Crippen LogP) is 4.42. The number of likely N-dealkylation sites (tertiary alicyclic amines) is 1. The number of rotatable bonds is 6. The maximum Gasteiger partial charge on any atom is 0.233 e. The first-order chi connectivity index (χ1) is 14.2. The van der Waals surface area contributed by atoms with Crippen LogP contribution in [0.2, 0.25) is 0 Å². The number of hydrogen-bond acceptors (Lipinski definition) is 5. The summed E-state index contributed by atoms with van der Waals surface area (Å²) >= 11 is 1.53. The van der Waals surface area contributed by atoms with E-state index in [-0.39, 0.29) is 5.91 Å². The molecule has 2 atom stereocenters. The molecular weight excluding hydrogens is 384 g/mol. The third-order valence-electron chi connectivity index (χ3n) is 6.19. The first-order valence-electron chi connectivity index (χ1n) is 10.7. The zero-order valence-corrected chi connectivity index (χ0v) is 18.2. The van der Waals surface area contributed by atoms with E-state index >= 15 is 0 Å². The number of ether oxygens (including phenoxy) is 1. The smallest absolute Gasteiger partial charge is 0.233 e. The molecule has 1 aromatic heterocycles. The minimum atomic E-state index is 0.213. The van der Waals surface area contributed by atoms with Crippen LogP contribution in [0.4, 0.5) is 0 Å². The van der Waals surface area contributed by atoms with Gasteiger partial charge in [-0.1, -0.05) is 31.5 Å². The van der Waals surface area contributed by atoms with Crippen LogP contribution < -0.4 is 4.74 Å². The van der Waals surface area contributed by atoms with Gasteiger partial charge in [-0.2, -0.15) is 0 Å². The first kappa shape index (κ1) is 20.3. The van der Waals surface area contributed by atoms with Crippen LogP contribution in [0.25, 0.3) is 11.4 Å². The van der Waals surface area contributed by atoms with Crippen LogP contribution in [0, 0.1) is 5.92 Å². The summed E-state index contributed by atoms with van der Waals surface area (Å²) in [6.07, 6.45) is 7.11. The van der Waals surface area contributed by atoms with Crippen LogP contribution in [0.3, 0.4) is 0 Å². The number of carbonyl (C=O) groups excluding carboxylic acids is 1. The highest BCUT2D eigenvalue weighted by Crippen LogP contribution is 2.39. The second kappa shape index (κ2) is 9.20. The summed E-state index contributed by atoms with van der Waals surface area (Å²) in [7, 11) is 1.67. The second-order valence-electron chi connectivity index (χ2n) is 8.11. The van der Waals surface area contributed by atoms with E-state index in [2.05, 4.69) is 21.7 Å². The molecule has 0 bridgehead atoms. The molecule has 2 fully saturated rings. The van der Waals surface area contributed by atoms with Crippen molar-refractivity contribution in [3.8, 4) is 17.1 Å². The highest BCUT2D eigenvalue weighted by Gasteiger charge is 2.29. The Morgan fingerprint density at radius 3 is 2.52 bits per heavy atom. The topological polar surface area (TPSA) is 60.3 Å². The number of methoxy groups -OCH3 is 1. The van der Waals surface area contributed by atoms with E-state index in [0.717, 1.165) is 54.6 Å². The molecule has 0 radical (unpaired) electrons. The number of benzene rings is 1. The van der Waals surface area contributed by atoms with Crippen LogP contribution in [0.5, 0.6) is 5.75 Å². The molecule has 2 heterocycles. The maximum absolute atomic E-state index is 12.6. The van der Waals surface area contributed by atoms with Crippen LogP contribution in [-0.2, 0) is 4.79 Å². The van der Waals surface area contributed by atoms with Gasteiger partial charge in [0.05, 0.1) is 12.9 Å². The molecule has 1 aliphatic carbocycles. The second-order valence-corrected chi connectivity index (χ2v) is 9.05.